The molecule has 16 heavy (non-hydrogen) atoms. The standard InChI is InChI=1S/C10H18FN3O.ClH/c1-13-2-4-14(5-3-13)10(15)9-6-8(11)7-12-9;/h8-9,12H,2-7H2,1H3;1H/t8-,9+;/m0./s1. The molecule has 2 heterocycles. The van der Waals surface area contributed by atoms with E-state index in [4.69, 9.17) is 0 Å². The van der Waals surface area contributed by atoms with E-state index < -0.39 is 6.17 Å². The number of nitrogens with zero attached hydrogens (tertiary/aromatic N) is 2. The first kappa shape index (κ1) is 13.7. The van der Waals surface area contributed by atoms with Crippen molar-refractivity contribution in [3.05, 3.63) is 0 Å². The van der Waals surface area contributed by atoms with E-state index in [9.17, 15) is 9.18 Å². The van der Waals surface area contributed by atoms with Gasteiger partial charge in [-0.2, -0.15) is 0 Å². The van der Waals surface area contributed by atoms with Crippen LogP contribution in [0.4, 0.5) is 4.39 Å². The third-order valence-corrected chi connectivity index (χ3v) is 3.19. The molecule has 1 amide bonds. The number of carbonyl (C=O) groups excluding carboxylic acids is 1. The summed E-state index contributed by atoms with van der Waals surface area (Å²) in [7, 11) is 2.05. The van der Waals surface area contributed by atoms with Crippen LogP contribution >= 0.6 is 12.4 Å². The van der Waals surface area contributed by atoms with E-state index >= 15 is 0 Å². The third kappa shape index (κ3) is 3.06. The van der Waals surface area contributed by atoms with Crippen LogP contribution in [-0.2, 0) is 4.79 Å². The Hall–Kier alpha value is -0.390. The first-order valence-electron chi connectivity index (χ1n) is 5.51. The van der Waals surface area contributed by atoms with Crippen molar-refractivity contribution < 1.29 is 9.18 Å². The lowest BCUT2D eigenvalue weighted by molar-refractivity contribution is -0.134. The highest BCUT2D eigenvalue weighted by Crippen LogP contribution is 2.13. The lowest BCUT2D eigenvalue weighted by atomic mass is 10.1. The van der Waals surface area contributed by atoms with Crippen LogP contribution in [0, 0.1) is 0 Å². The molecule has 1 N–H and O–H groups in total. The highest BCUT2D eigenvalue weighted by Gasteiger charge is 2.32. The highest BCUT2D eigenvalue weighted by atomic mass is 35.5. The van der Waals surface area contributed by atoms with Crippen molar-refractivity contribution in [1.82, 2.24) is 15.1 Å². The number of rotatable bonds is 1. The minimum absolute atomic E-state index is 0. The van der Waals surface area contributed by atoms with Crippen molar-refractivity contribution in [2.75, 3.05) is 39.8 Å². The van der Waals surface area contributed by atoms with E-state index in [0.29, 0.717) is 13.0 Å². The van der Waals surface area contributed by atoms with Crippen LogP contribution in [-0.4, -0.2) is 67.7 Å². The van der Waals surface area contributed by atoms with Gasteiger partial charge < -0.3 is 15.1 Å². The topological polar surface area (TPSA) is 35.6 Å². The fourth-order valence-corrected chi connectivity index (χ4v) is 2.13. The Morgan fingerprint density at radius 2 is 1.94 bits per heavy atom. The van der Waals surface area contributed by atoms with Gasteiger partial charge in [-0.3, -0.25) is 4.79 Å². The number of nitrogens with one attached hydrogen (secondary N) is 1. The van der Waals surface area contributed by atoms with Crippen molar-refractivity contribution in [2.45, 2.75) is 18.6 Å². The average Bonchev–Trinajstić information content (AvgIpc) is 2.65. The van der Waals surface area contributed by atoms with Crippen LogP contribution in [0.2, 0.25) is 0 Å². The first-order valence-corrected chi connectivity index (χ1v) is 5.51. The van der Waals surface area contributed by atoms with E-state index in [1.165, 1.54) is 0 Å². The smallest absolute Gasteiger partial charge is 0.239 e. The van der Waals surface area contributed by atoms with Gasteiger partial charge in [0.2, 0.25) is 5.91 Å². The maximum Gasteiger partial charge on any atom is 0.239 e. The predicted molar refractivity (Wildman–Crippen MR) is 62.6 cm³/mol. The van der Waals surface area contributed by atoms with Crippen molar-refractivity contribution in [1.29, 1.82) is 0 Å². The van der Waals surface area contributed by atoms with Gasteiger partial charge in [-0.15, -0.1) is 12.4 Å². The minimum atomic E-state index is -0.855. The molecular formula is C10H19ClFN3O. The van der Waals surface area contributed by atoms with Gasteiger partial charge in [0.15, 0.2) is 0 Å². The molecule has 0 aliphatic carbocycles. The van der Waals surface area contributed by atoms with Crippen molar-refractivity contribution >= 4 is 18.3 Å². The second-order valence-electron chi connectivity index (χ2n) is 4.42. The molecule has 2 aliphatic heterocycles. The lowest BCUT2D eigenvalue weighted by Crippen LogP contribution is -2.52. The van der Waals surface area contributed by atoms with Crippen LogP contribution < -0.4 is 5.32 Å². The Balaban J connectivity index is 0.00000128. The molecule has 2 aliphatic rings. The first-order chi connectivity index (χ1) is 7.16. The van der Waals surface area contributed by atoms with Gasteiger partial charge in [-0.25, -0.2) is 4.39 Å². The molecular weight excluding hydrogens is 233 g/mol. The number of alkyl halides is 1. The van der Waals surface area contributed by atoms with Crippen LogP contribution in [0.15, 0.2) is 0 Å². The summed E-state index contributed by atoms with van der Waals surface area (Å²) in [6, 6.07) is -0.289. The van der Waals surface area contributed by atoms with Gasteiger partial charge in [-0.05, 0) is 7.05 Å². The molecule has 0 saturated carbocycles. The normalized spacial score (nSPS) is 31.2. The zero-order valence-electron chi connectivity index (χ0n) is 9.49. The number of carbonyl (C=O) groups is 1. The van der Waals surface area contributed by atoms with E-state index in [2.05, 4.69) is 10.2 Å². The molecule has 0 aromatic rings. The maximum atomic E-state index is 12.9. The van der Waals surface area contributed by atoms with Crippen LogP contribution in [0.25, 0.3) is 0 Å². The molecule has 0 spiro atoms. The second-order valence-corrected chi connectivity index (χ2v) is 4.42. The fraction of sp³-hybridized carbons (Fsp3) is 0.900. The molecule has 0 radical (unpaired) electrons. The summed E-state index contributed by atoms with van der Waals surface area (Å²) in [5.41, 5.74) is 0. The summed E-state index contributed by atoms with van der Waals surface area (Å²) in [6.45, 7) is 3.69. The van der Waals surface area contributed by atoms with Gasteiger partial charge in [0.05, 0.1) is 6.04 Å². The van der Waals surface area contributed by atoms with Gasteiger partial charge in [0.25, 0.3) is 0 Å². The molecule has 2 atom stereocenters. The molecule has 0 aromatic carbocycles. The SMILES string of the molecule is CN1CCN(C(=O)[C@H]2C[C@H](F)CN2)CC1.Cl. The maximum absolute atomic E-state index is 12.9. The Kier molecular flexibility index (Phi) is 4.95. The monoisotopic (exact) mass is 251 g/mol. The summed E-state index contributed by atoms with van der Waals surface area (Å²) < 4.78 is 12.9. The minimum Gasteiger partial charge on any atom is -0.339 e. The Morgan fingerprint density at radius 3 is 2.44 bits per heavy atom. The summed E-state index contributed by atoms with van der Waals surface area (Å²) in [6.07, 6.45) is -0.517. The second kappa shape index (κ2) is 5.80. The molecule has 2 saturated heterocycles. The number of halogens is 2. The molecule has 4 nitrogen and oxygen atoms in total. The van der Waals surface area contributed by atoms with Crippen LogP contribution in [0.5, 0.6) is 0 Å². The molecule has 0 aromatic heterocycles. The molecule has 2 rings (SSSR count). The van der Waals surface area contributed by atoms with Crippen molar-refractivity contribution in [3.63, 3.8) is 0 Å². The van der Waals surface area contributed by atoms with E-state index in [0.717, 1.165) is 26.2 Å². The van der Waals surface area contributed by atoms with E-state index in [1.54, 1.807) is 0 Å². The molecule has 2 fully saturated rings. The number of amides is 1. The van der Waals surface area contributed by atoms with E-state index in [-0.39, 0.29) is 24.4 Å². The number of piperazine rings is 1. The Morgan fingerprint density at radius 1 is 1.31 bits per heavy atom. The number of hydrogen-bond donors (Lipinski definition) is 1. The van der Waals surface area contributed by atoms with E-state index in [1.807, 2.05) is 11.9 Å². The fourth-order valence-electron chi connectivity index (χ4n) is 2.13. The molecule has 0 unspecified atom stereocenters. The quantitative estimate of drug-likeness (QED) is 0.706. The molecule has 94 valence electrons. The van der Waals surface area contributed by atoms with Gasteiger partial charge in [-0.1, -0.05) is 0 Å². The molecule has 6 heteroatoms. The lowest BCUT2D eigenvalue weighted by Gasteiger charge is -2.33. The summed E-state index contributed by atoms with van der Waals surface area (Å²) in [5, 5.41) is 2.93. The van der Waals surface area contributed by atoms with Crippen molar-refractivity contribution in [3.8, 4) is 0 Å². The van der Waals surface area contributed by atoms with Gasteiger partial charge in [0.1, 0.15) is 6.17 Å². The zero-order valence-corrected chi connectivity index (χ0v) is 10.3. The van der Waals surface area contributed by atoms with Crippen LogP contribution in [0.1, 0.15) is 6.42 Å². The summed E-state index contributed by atoms with van der Waals surface area (Å²) in [5.74, 6) is 0.0725. The van der Waals surface area contributed by atoms with Gasteiger partial charge >= 0.3 is 0 Å². The number of hydrogen-bond acceptors (Lipinski definition) is 3. The largest absolute Gasteiger partial charge is 0.339 e. The van der Waals surface area contributed by atoms with Crippen LogP contribution in [0.3, 0.4) is 0 Å². The molecule has 0 bridgehead atoms. The summed E-state index contributed by atoms with van der Waals surface area (Å²) >= 11 is 0. The average molecular weight is 252 g/mol. The Labute approximate surface area is 102 Å². The van der Waals surface area contributed by atoms with Gasteiger partial charge in [0, 0.05) is 39.1 Å². The Bertz CT molecular complexity index is 246. The summed E-state index contributed by atoms with van der Waals surface area (Å²) in [4.78, 5) is 16.0. The predicted octanol–water partition coefficient (Wildman–Crippen LogP) is -0.118. The number of likely N-dealkylation sites (N-methyl/N-ethyl adjacent to an activating group) is 1. The third-order valence-electron chi connectivity index (χ3n) is 3.19. The zero-order chi connectivity index (χ0) is 10.8. The van der Waals surface area contributed by atoms with Crippen molar-refractivity contribution in [2.24, 2.45) is 0 Å². The highest BCUT2D eigenvalue weighted by molar-refractivity contribution is 5.85.